The highest BCUT2D eigenvalue weighted by molar-refractivity contribution is 5.72. The minimum Gasteiger partial charge on any atom is -0.456 e. The van der Waals surface area contributed by atoms with E-state index in [0.29, 0.717) is 0 Å². The van der Waals surface area contributed by atoms with Gasteiger partial charge in [0.15, 0.2) is 24.6 Å². The van der Waals surface area contributed by atoms with Crippen molar-refractivity contribution in [1.82, 2.24) is 0 Å². The van der Waals surface area contributed by atoms with Crippen LogP contribution < -0.4 is 0 Å². The maximum Gasteiger partial charge on any atom is 0.303 e. The number of carbonyl (C=O) groups is 4. The predicted octanol–water partition coefficient (Wildman–Crippen LogP) is -0.639. The fourth-order valence-electron chi connectivity index (χ4n) is 1.39. The van der Waals surface area contributed by atoms with Gasteiger partial charge in [-0.05, 0) is 6.92 Å². The van der Waals surface area contributed by atoms with Crippen molar-refractivity contribution >= 4 is 24.2 Å². The third kappa shape index (κ3) is 6.28. The second-order valence-corrected chi connectivity index (χ2v) is 3.74. The summed E-state index contributed by atoms with van der Waals surface area (Å²) in [5.74, 6) is -3.29. The Kier molecular flexibility index (Phi) is 5.39. The largest absolute Gasteiger partial charge is 0.456 e. The number of aliphatic hydroxyl groups excluding tert-OH is 1. The molecule has 1 N–H and O–H groups in total. The summed E-state index contributed by atoms with van der Waals surface area (Å²) >= 11 is 0. The monoisotopic (exact) mass is 293 g/mol. The van der Waals surface area contributed by atoms with E-state index >= 15 is 0 Å². The molecule has 20 heavy (non-hydrogen) atoms. The Bertz CT molecular complexity index is 429. The first-order valence-corrected chi connectivity index (χ1v) is 5.40. The molecule has 8 heteroatoms. The van der Waals surface area contributed by atoms with Crippen molar-refractivity contribution in [2.75, 3.05) is 0 Å². The Morgan fingerprint density at radius 1 is 1.00 bits per heavy atom. The molecule has 0 rings (SSSR count). The van der Waals surface area contributed by atoms with Crippen LogP contribution in [0.2, 0.25) is 0 Å². The molecule has 0 aromatic rings. The topological polar surface area (TPSA) is 116 Å². The number of aldehydes is 1. The van der Waals surface area contributed by atoms with Gasteiger partial charge >= 0.3 is 17.9 Å². The second-order valence-electron chi connectivity index (χ2n) is 3.74. The average Bonchev–Trinajstić information content (AvgIpc) is 2.54. The molecule has 0 saturated heterocycles. The van der Waals surface area contributed by atoms with Crippen LogP contribution in [0.5, 0.6) is 0 Å². The maximum absolute atomic E-state index is 11.3. The standard InChI is InChI=1S/C12H18O8/c1-6(14)11(19-8(3)16)12(20-9(4)17)10(5-13)18-7(2)15/h5-6,10-12,14H,1-4H3/t6-,10+,11-,12+/m1/s1/i2D,3D,4D. The zero-order valence-corrected chi connectivity index (χ0v) is 10.8. The van der Waals surface area contributed by atoms with E-state index < -0.39 is 63.0 Å². The first-order chi connectivity index (χ1) is 10.8. The van der Waals surface area contributed by atoms with Crippen molar-refractivity contribution in [3.05, 3.63) is 0 Å². The van der Waals surface area contributed by atoms with Crippen LogP contribution in [-0.4, -0.2) is 53.7 Å². The number of hydrogen-bond acceptors (Lipinski definition) is 8. The van der Waals surface area contributed by atoms with Crippen molar-refractivity contribution in [3.8, 4) is 0 Å². The van der Waals surface area contributed by atoms with Gasteiger partial charge in [0, 0.05) is 24.8 Å². The lowest BCUT2D eigenvalue weighted by molar-refractivity contribution is -0.190. The summed E-state index contributed by atoms with van der Waals surface area (Å²) in [4.78, 5) is 44.8. The van der Waals surface area contributed by atoms with Crippen molar-refractivity contribution in [1.29, 1.82) is 0 Å². The molecule has 114 valence electrons. The lowest BCUT2D eigenvalue weighted by Gasteiger charge is -2.30. The minimum absolute atomic E-state index is 0.0827. The van der Waals surface area contributed by atoms with Gasteiger partial charge in [-0.2, -0.15) is 0 Å². The van der Waals surface area contributed by atoms with Gasteiger partial charge < -0.3 is 19.3 Å². The van der Waals surface area contributed by atoms with Gasteiger partial charge in [-0.3, -0.25) is 19.2 Å². The van der Waals surface area contributed by atoms with E-state index in [1.54, 1.807) is 0 Å². The first kappa shape index (κ1) is 13.0. The lowest BCUT2D eigenvalue weighted by Crippen LogP contribution is -2.50. The summed E-state index contributed by atoms with van der Waals surface area (Å²) in [6.07, 6.45) is -6.42. The molecule has 0 spiro atoms. The van der Waals surface area contributed by atoms with Crippen LogP contribution in [0.1, 0.15) is 31.7 Å². The number of carbonyl (C=O) groups excluding carboxylic acids is 4. The van der Waals surface area contributed by atoms with Crippen molar-refractivity contribution in [2.24, 2.45) is 0 Å². The molecule has 0 aliphatic heterocycles. The number of aliphatic hydroxyl groups is 1. The Morgan fingerprint density at radius 3 is 1.85 bits per heavy atom. The van der Waals surface area contributed by atoms with Gasteiger partial charge in [0.05, 0.1) is 6.10 Å². The molecule has 0 aromatic heterocycles. The fraction of sp³-hybridized carbons (Fsp3) is 0.667. The summed E-state index contributed by atoms with van der Waals surface area (Å²) < 4.78 is 34.8. The van der Waals surface area contributed by atoms with Crippen LogP contribution in [0.15, 0.2) is 0 Å². The van der Waals surface area contributed by atoms with Gasteiger partial charge in [-0.1, -0.05) is 0 Å². The summed E-state index contributed by atoms with van der Waals surface area (Å²) in [5, 5.41) is 9.68. The van der Waals surface area contributed by atoms with E-state index in [0.717, 1.165) is 6.92 Å². The second kappa shape index (κ2) is 8.26. The third-order valence-corrected chi connectivity index (χ3v) is 2.06. The number of esters is 3. The highest BCUT2D eigenvalue weighted by atomic mass is 16.6. The molecule has 4 atom stereocenters. The molecule has 0 aliphatic carbocycles. The molecule has 0 radical (unpaired) electrons. The lowest BCUT2D eigenvalue weighted by atomic mass is 10.0. The third-order valence-electron chi connectivity index (χ3n) is 2.06. The Balaban J connectivity index is 5.48. The van der Waals surface area contributed by atoms with E-state index in [-0.39, 0.29) is 6.29 Å². The predicted molar refractivity (Wildman–Crippen MR) is 64.4 cm³/mol. The zero-order chi connectivity index (χ0) is 18.0. The average molecular weight is 293 g/mol. The molecule has 0 fully saturated rings. The van der Waals surface area contributed by atoms with Crippen LogP contribution in [0.4, 0.5) is 0 Å². The zero-order valence-electron chi connectivity index (χ0n) is 13.8. The van der Waals surface area contributed by atoms with Gasteiger partial charge in [0.1, 0.15) is 0 Å². The highest BCUT2D eigenvalue weighted by Gasteiger charge is 2.39. The minimum atomic E-state index is -1.75. The summed E-state index contributed by atoms with van der Waals surface area (Å²) in [5.41, 5.74) is 0. The molecule has 0 aromatic carbocycles. The molecule has 8 nitrogen and oxygen atoms in total. The maximum atomic E-state index is 11.3. The van der Waals surface area contributed by atoms with Crippen LogP contribution in [0, 0.1) is 0 Å². The molecule has 0 aliphatic rings. The fourth-order valence-corrected chi connectivity index (χ4v) is 1.39. The van der Waals surface area contributed by atoms with Crippen LogP contribution >= 0.6 is 0 Å². The van der Waals surface area contributed by atoms with Crippen molar-refractivity contribution < 1.29 is 42.6 Å². The van der Waals surface area contributed by atoms with E-state index in [9.17, 15) is 24.3 Å². The SMILES string of the molecule is [2H]CC(=O)O[C@H]([C@H](OC(=O)C[2H])[C@@H](C)O)[C@H](C=O)OC(=O)C[2H]. The van der Waals surface area contributed by atoms with Gasteiger partial charge in [-0.25, -0.2) is 0 Å². The van der Waals surface area contributed by atoms with Gasteiger partial charge in [0.25, 0.3) is 0 Å². The summed E-state index contributed by atoms with van der Waals surface area (Å²) in [6.45, 7) is -1.26. The van der Waals surface area contributed by atoms with Crippen LogP contribution in [0.3, 0.4) is 0 Å². The Morgan fingerprint density at radius 2 is 1.45 bits per heavy atom. The molecule has 0 unspecified atom stereocenters. The highest BCUT2D eigenvalue weighted by Crippen LogP contribution is 2.16. The van der Waals surface area contributed by atoms with Crippen molar-refractivity contribution in [2.45, 2.75) is 52.0 Å². The molecule has 0 amide bonds. The first-order valence-electron chi connectivity index (χ1n) is 7.52. The van der Waals surface area contributed by atoms with E-state index in [2.05, 4.69) is 4.74 Å². The molecular weight excluding hydrogens is 272 g/mol. The van der Waals surface area contributed by atoms with Gasteiger partial charge in [-0.15, -0.1) is 0 Å². The number of hydrogen-bond donors (Lipinski definition) is 1. The van der Waals surface area contributed by atoms with E-state index in [1.807, 2.05) is 0 Å². The summed E-state index contributed by atoms with van der Waals surface area (Å²) in [6, 6.07) is 0. The number of ether oxygens (including phenoxy) is 3. The van der Waals surface area contributed by atoms with E-state index in [1.165, 1.54) is 0 Å². The molecule has 0 saturated carbocycles. The molecule has 0 heterocycles. The quantitative estimate of drug-likeness (QED) is 0.374. The summed E-state index contributed by atoms with van der Waals surface area (Å²) in [7, 11) is 0. The Hall–Kier alpha value is -1.96. The van der Waals surface area contributed by atoms with Crippen LogP contribution in [0.25, 0.3) is 0 Å². The van der Waals surface area contributed by atoms with Gasteiger partial charge in [0.2, 0.25) is 0 Å². The van der Waals surface area contributed by atoms with Crippen molar-refractivity contribution in [3.63, 3.8) is 0 Å². The van der Waals surface area contributed by atoms with E-state index in [4.69, 9.17) is 13.6 Å². The smallest absolute Gasteiger partial charge is 0.303 e. The number of rotatable bonds is 7. The Labute approximate surface area is 120 Å². The van der Waals surface area contributed by atoms with Crippen LogP contribution in [-0.2, 0) is 33.4 Å². The molecular formula is C12H18O8. The normalized spacial score (nSPS) is 18.2. The molecule has 0 bridgehead atoms.